The van der Waals surface area contributed by atoms with Gasteiger partial charge in [-0.05, 0) is 49.7 Å². The summed E-state index contributed by atoms with van der Waals surface area (Å²) in [6.45, 7) is 4.15. The molecule has 1 saturated heterocycles. The van der Waals surface area contributed by atoms with E-state index in [0.717, 1.165) is 58.3 Å². The van der Waals surface area contributed by atoms with E-state index in [1.54, 1.807) is 6.07 Å². The minimum absolute atomic E-state index is 0.0834. The third-order valence-electron chi connectivity index (χ3n) is 7.58. The molecule has 2 amide bonds. The Bertz CT molecular complexity index is 1070. The Kier molecular flexibility index (Phi) is 7.77. The molecule has 2 aromatic rings. The van der Waals surface area contributed by atoms with Gasteiger partial charge in [0.15, 0.2) is 0 Å². The van der Waals surface area contributed by atoms with Crippen LogP contribution in [0.2, 0.25) is 0 Å². The molecule has 3 aliphatic rings. The van der Waals surface area contributed by atoms with Crippen molar-refractivity contribution in [3.8, 4) is 0 Å². The van der Waals surface area contributed by atoms with Crippen LogP contribution in [0.5, 0.6) is 0 Å². The summed E-state index contributed by atoms with van der Waals surface area (Å²) < 4.78 is 0. The maximum atomic E-state index is 12.6. The molecule has 0 spiro atoms. The second-order valence-electron chi connectivity index (χ2n) is 10.3. The number of nitrogens with zero attached hydrogens (tertiary/aromatic N) is 4. The highest BCUT2D eigenvalue weighted by Crippen LogP contribution is 2.32. The minimum atomic E-state index is -0.664. The zero-order chi connectivity index (χ0) is 24.9. The van der Waals surface area contributed by atoms with Gasteiger partial charge in [0.1, 0.15) is 17.8 Å². The number of fused-ring (bicyclic) bond motifs is 1. The van der Waals surface area contributed by atoms with E-state index >= 15 is 0 Å². The fraction of sp³-hybridized carbons (Fsp3) is 0.556. The predicted octanol–water partition coefficient (Wildman–Crippen LogP) is 1.83. The number of amides is 2. The fourth-order valence-corrected chi connectivity index (χ4v) is 5.45. The van der Waals surface area contributed by atoms with Crippen molar-refractivity contribution in [2.75, 3.05) is 38.0 Å². The number of rotatable bonds is 8. The van der Waals surface area contributed by atoms with Crippen LogP contribution in [0.3, 0.4) is 0 Å². The molecule has 1 aliphatic carbocycles. The Morgan fingerprint density at radius 2 is 1.83 bits per heavy atom. The Morgan fingerprint density at radius 3 is 2.64 bits per heavy atom. The molecule has 9 heteroatoms. The van der Waals surface area contributed by atoms with Gasteiger partial charge in [-0.1, -0.05) is 24.3 Å². The number of carbonyl (C=O) groups excluding carboxylic acids is 2. The molecule has 3 heterocycles. The lowest BCUT2D eigenvalue weighted by atomic mass is 9.79. The van der Waals surface area contributed by atoms with Gasteiger partial charge in [0.05, 0.1) is 6.10 Å². The van der Waals surface area contributed by atoms with Crippen LogP contribution in [-0.4, -0.2) is 81.6 Å². The first-order chi connectivity index (χ1) is 17.5. The molecule has 0 radical (unpaired) electrons. The van der Waals surface area contributed by atoms with Crippen molar-refractivity contribution in [2.24, 2.45) is 5.92 Å². The highest BCUT2D eigenvalue weighted by Gasteiger charge is 2.37. The Hall–Kier alpha value is -3.04. The Labute approximate surface area is 212 Å². The number of hydrogen-bond donors (Lipinski definition) is 3. The van der Waals surface area contributed by atoms with Gasteiger partial charge >= 0.3 is 0 Å². The highest BCUT2D eigenvalue weighted by atomic mass is 16.3. The van der Waals surface area contributed by atoms with Crippen LogP contribution in [0.4, 0.5) is 5.82 Å². The molecule has 1 saturated carbocycles. The van der Waals surface area contributed by atoms with Crippen LogP contribution < -0.4 is 10.6 Å². The third kappa shape index (κ3) is 6.02. The second-order valence-corrected chi connectivity index (χ2v) is 10.3. The van der Waals surface area contributed by atoms with Crippen LogP contribution in [0.1, 0.15) is 53.7 Å². The Balaban J connectivity index is 1.05. The van der Waals surface area contributed by atoms with E-state index < -0.39 is 6.10 Å². The molecule has 192 valence electrons. The summed E-state index contributed by atoms with van der Waals surface area (Å²) in [5.74, 6) is 0.606. The van der Waals surface area contributed by atoms with Gasteiger partial charge in [-0.3, -0.25) is 14.5 Å². The van der Waals surface area contributed by atoms with Gasteiger partial charge in [0, 0.05) is 57.3 Å². The van der Waals surface area contributed by atoms with E-state index in [1.165, 1.54) is 23.9 Å². The molecular formula is C27H36N6O3. The van der Waals surface area contributed by atoms with E-state index in [-0.39, 0.29) is 36.0 Å². The number of benzene rings is 1. The molecule has 0 bridgehead atoms. The third-order valence-corrected chi connectivity index (χ3v) is 7.58. The summed E-state index contributed by atoms with van der Waals surface area (Å²) in [4.78, 5) is 37.8. The fourth-order valence-electron chi connectivity index (χ4n) is 5.45. The number of piperidine rings is 1. The predicted molar refractivity (Wildman–Crippen MR) is 136 cm³/mol. The molecule has 2 aliphatic heterocycles. The SMILES string of the molecule is O=C(NC[C@H](O)CN1CCc2ccccc2C1)c1cc(N[C@H]2C[C@H](C(=O)N3CCCCC3)C2)ncn1. The standard InChI is InChI=1S/C27H36N6O3/c34-23(17-32-11-8-19-6-2-3-7-20(19)16-32)15-28-26(35)24-14-25(30-18-29-24)31-22-12-21(13-22)27(36)33-9-4-1-5-10-33/h2-3,6-7,14,18,21-23,34H,1,4-5,8-13,15-17H2,(H,28,35)(H,29,30,31)/t21-,22-,23-/m0/s1. The van der Waals surface area contributed by atoms with E-state index in [1.807, 2.05) is 11.0 Å². The number of nitrogens with one attached hydrogen (secondary N) is 2. The van der Waals surface area contributed by atoms with E-state index in [4.69, 9.17) is 0 Å². The lowest BCUT2D eigenvalue weighted by Gasteiger charge is -2.39. The van der Waals surface area contributed by atoms with Crippen LogP contribution in [0.15, 0.2) is 36.7 Å². The number of carbonyl (C=O) groups is 2. The zero-order valence-corrected chi connectivity index (χ0v) is 20.7. The quantitative estimate of drug-likeness (QED) is 0.516. The van der Waals surface area contributed by atoms with Gasteiger partial charge in [0.2, 0.25) is 5.91 Å². The molecular weight excluding hydrogens is 456 g/mol. The zero-order valence-electron chi connectivity index (χ0n) is 20.7. The summed E-state index contributed by atoms with van der Waals surface area (Å²) in [5.41, 5.74) is 2.93. The van der Waals surface area contributed by atoms with Crippen molar-refractivity contribution < 1.29 is 14.7 Å². The lowest BCUT2D eigenvalue weighted by molar-refractivity contribution is -0.139. The molecule has 9 nitrogen and oxygen atoms in total. The number of aliphatic hydroxyl groups is 1. The molecule has 0 unspecified atom stereocenters. The Morgan fingerprint density at radius 1 is 1.06 bits per heavy atom. The largest absolute Gasteiger partial charge is 0.390 e. The van der Waals surface area contributed by atoms with Crippen LogP contribution in [-0.2, 0) is 17.8 Å². The lowest BCUT2D eigenvalue weighted by Crippen LogP contribution is -2.47. The monoisotopic (exact) mass is 492 g/mol. The van der Waals surface area contributed by atoms with Crippen LogP contribution in [0, 0.1) is 5.92 Å². The van der Waals surface area contributed by atoms with E-state index in [9.17, 15) is 14.7 Å². The first-order valence-corrected chi connectivity index (χ1v) is 13.2. The van der Waals surface area contributed by atoms with E-state index in [0.29, 0.717) is 12.4 Å². The van der Waals surface area contributed by atoms with Crippen molar-refractivity contribution >= 4 is 17.6 Å². The summed E-state index contributed by atoms with van der Waals surface area (Å²) in [7, 11) is 0. The van der Waals surface area contributed by atoms with Crippen molar-refractivity contribution in [3.05, 3.63) is 53.5 Å². The van der Waals surface area contributed by atoms with E-state index in [2.05, 4.69) is 43.7 Å². The number of aliphatic hydroxyl groups excluding tert-OH is 1. The van der Waals surface area contributed by atoms with Crippen molar-refractivity contribution in [3.63, 3.8) is 0 Å². The average molecular weight is 493 g/mol. The summed E-state index contributed by atoms with van der Waals surface area (Å²) in [6.07, 6.45) is 6.68. The minimum Gasteiger partial charge on any atom is -0.390 e. The molecule has 5 rings (SSSR count). The first-order valence-electron chi connectivity index (χ1n) is 13.2. The van der Waals surface area contributed by atoms with Crippen molar-refractivity contribution in [2.45, 2.75) is 57.2 Å². The number of anilines is 1. The number of hydrogen-bond acceptors (Lipinski definition) is 7. The maximum Gasteiger partial charge on any atom is 0.270 e. The number of β-amino-alcohol motifs (C(OH)–C–C–N with tert-alkyl or cyclic N) is 1. The summed E-state index contributed by atoms with van der Waals surface area (Å²) in [6, 6.07) is 10.2. The summed E-state index contributed by atoms with van der Waals surface area (Å²) in [5, 5.41) is 16.6. The maximum absolute atomic E-state index is 12.6. The van der Waals surface area contributed by atoms with Crippen molar-refractivity contribution in [1.82, 2.24) is 25.1 Å². The van der Waals surface area contributed by atoms with Gasteiger partial charge in [0.25, 0.3) is 5.91 Å². The van der Waals surface area contributed by atoms with Crippen molar-refractivity contribution in [1.29, 1.82) is 0 Å². The number of likely N-dealkylation sites (tertiary alicyclic amines) is 1. The molecule has 3 N–H and O–H groups in total. The van der Waals surface area contributed by atoms with Gasteiger partial charge in [-0.25, -0.2) is 9.97 Å². The van der Waals surface area contributed by atoms with Gasteiger partial charge in [-0.2, -0.15) is 0 Å². The molecule has 1 aromatic heterocycles. The summed E-state index contributed by atoms with van der Waals surface area (Å²) >= 11 is 0. The topological polar surface area (TPSA) is 111 Å². The second kappa shape index (κ2) is 11.3. The molecule has 36 heavy (non-hydrogen) atoms. The number of aromatic nitrogens is 2. The smallest absolute Gasteiger partial charge is 0.270 e. The first kappa shape index (κ1) is 24.6. The molecule has 1 aromatic carbocycles. The van der Waals surface area contributed by atoms with Crippen LogP contribution >= 0.6 is 0 Å². The molecule has 1 atom stereocenters. The highest BCUT2D eigenvalue weighted by molar-refractivity contribution is 5.92. The van der Waals surface area contributed by atoms with Gasteiger partial charge < -0.3 is 20.6 Å². The normalized spacial score (nSPS) is 22.8. The molecule has 2 fully saturated rings. The van der Waals surface area contributed by atoms with Crippen LogP contribution in [0.25, 0.3) is 0 Å². The van der Waals surface area contributed by atoms with Gasteiger partial charge in [-0.15, -0.1) is 0 Å². The average Bonchev–Trinajstić information content (AvgIpc) is 2.89.